The number of nitrogen functional groups attached to an aromatic ring is 1. The van der Waals surface area contributed by atoms with Gasteiger partial charge in [-0.25, -0.2) is 4.98 Å². The van der Waals surface area contributed by atoms with E-state index in [2.05, 4.69) is 39.4 Å². The highest BCUT2D eigenvalue weighted by Gasteiger charge is 2.16. The fraction of sp³-hybridized carbons (Fsp3) is 0.450. The highest BCUT2D eigenvalue weighted by Crippen LogP contribution is 2.25. The number of nitrogens with zero attached hydrogens (tertiary/aromatic N) is 4. The minimum atomic E-state index is -0.762. The highest BCUT2D eigenvalue weighted by molar-refractivity contribution is 6.30. The van der Waals surface area contributed by atoms with Crippen molar-refractivity contribution >= 4 is 40.2 Å². The second-order valence-electron chi connectivity index (χ2n) is 8.00. The summed E-state index contributed by atoms with van der Waals surface area (Å²) in [7, 11) is 0. The van der Waals surface area contributed by atoms with Crippen molar-refractivity contribution in [3.63, 3.8) is 0 Å². The van der Waals surface area contributed by atoms with Crippen molar-refractivity contribution in [1.82, 2.24) is 19.5 Å². The van der Waals surface area contributed by atoms with E-state index in [0.717, 1.165) is 11.2 Å². The van der Waals surface area contributed by atoms with Crippen LogP contribution in [0, 0.1) is 0 Å². The number of hydrogen-bond donors (Lipinski definition) is 4. The van der Waals surface area contributed by atoms with Crippen molar-refractivity contribution in [3.8, 4) is 0 Å². The van der Waals surface area contributed by atoms with Crippen molar-refractivity contribution in [2.45, 2.75) is 52.3 Å². The number of anilines is 3. The average molecular weight is 418 g/mol. The Hall–Kier alpha value is -2.58. The van der Waals surface area contributed by atoms with Gasteiger partial charge in [-0.15, -0.1) is 0 Å². The molecule has 3 aromatic rings. The zero-order valence-electron chi connectivity index (χ0n) is 17.2. The molecule has 156 valence electrons. The smallest absolute Gasteiger partial charge is 0.226 e. The molecule has 0 unspecified atom stereocenters. The van der Waals surface area contributed by atoms with Crippen LogP contribution in [-0.2, 0) is 6.54 Å². The Bertz CT molecular complexity index is 994. The van der Waals surface area contributed by atoms with Crippen LogP contribution in [0.5, 0.6) is 0 Å². The van der Waals surface area contributed by atoms with Gasteiger partial charge in [0.15, 0.2) is 17.0 Å². The number of nitrogens with two attached hydrogens (primary N) is 1. The van der Waals surface area contributed by atoms with Gasteiger partial charge in [-0.1, -0.05) is 11.6 Å². The summed E-state index contributed by atoms with van der Waals surface area (Å²) in [4.78, 5) is 13.7. The SMILES string of the molecule is CC(C)n1cnc2c(NCc3cc(Cl)ccc3N)nc(NCCC(C)(C)O)nc21. The molecule has 2 aromatic heterocycles. The number of halogens is 1. The molecule has 0 aliphatic carbocycles. The molecular formula is C20H28ClN7O. The van der Waals surface area contributed by atoms with Gasteiger partial charge < -0.3 is 26.0 Å². The van der Waals surface area contributed by atoms with E-state index >= 15 is 0 Å². The van der Waals surface area contributed by atoms with Gasteiger partial charge in [0.05, 0.1) is 11.9 Å². The first-order valence-corrected chi connectivity index (χ1v) is 10.0. The van der Waals surface area contributed by atoms with Crippen molar-refractivity contribution < 1.29 is 5.11 Å². The lowest BCUT2D eigenvalue weighted by Gasteiger charge is -2.17. The van der Waals surface area contributed by atoms with Gasteiger partial charge in [-0.2, -0.15) is 9.97 Å². The first kappa shape index (κ1) is 21.1. The van der Waals surface area contributed by atoms with Crippen molar-refractivity contribution in [1.29, 1.82) is 0 Å². The lowest BCUT2D eigenvalue weighted by molar-refractivity contribution is 0.0748. The van der Waals surface area contributed by atoms with Crippen molar-refractivity contribution in [2.75, 3.05) is 22.9 Å². The molecular weight excluding hydrogens is 390 g/mol. The van der Waals surface area contributed by atoms with E-state index < -0.39 is 5.60 Å². The van der Waals surface area contributed by atoms with E-state index in [1.54, 1.807) is 32.3 Å². The number of rotatable bonds is 8. The topological polar surface area (TPSA) is 114 Å². The van der Waals surface area contributed by atoms with E-state index in [0.29, 0.717) is 47.5 Å². The summed E-state index contributed by atoms with van der Waals surface area (Å²) >= 11 is 6.10. The molecule has 5 N–H and O–H groups in total. The number of hydrogen-bond acceptors (Lipinski definition) is 7. The average Bonchev–Trinajstić information content (AvgIpc) is 3.05. The van der Waals surface area contributed by atoms with Crippen LogP contribution in [0.1, 0.15) is 45.7 Å². The predicted molar refractivity (Wildman–Crippen MR) is 118 cm³/mol. The number of benzene rings is 1. The fourth-order valence-electron chi connectivity index (χ4n) is 2.88. The molecule has 0 aliphatic rings. The molecule has 0 radical (unpaired) electrons. The molecule has 1 aromatic carbocycles. The second kappa shape index (κ2) is 8.42. The molecule has 0 fully saturated rings. The summed E-state index contributed by atoms with van der Waals surface area (Å²) in [5.74, 6) is 1.09. The molecule has 0 aliphatic heterocycles. The van der Waals surface area contributed by atoms with Crippen LogP contribution in [-0.4, -0.2) is 36.8 Å². The Labute approximate surface area is 175 Å². The zero-order chi connectivity index (χ0) is 21.2. The largest absolute Gasteiger partial charge is 0.398 e. The third-order valence-corrected chi connectivity index (χ3v) is 4.78. The highest BCUT2D eigenvalue weighted by atomic mass is 35.5. The molecule has 9 heteroatoms. The first-order chi connectivity index (χ1) is 13.6. The predicted octanol–water partition coefficient (Wildman–Crippen LogP) is 3.83. The van der Waals surface area contributed by atoms with Crippen LogP contribution in [0.25, 0.3) is 11.2 Å². The number of aromatic nitrogens is 4. The van der Waals surface area contributed by atoms with Crippen molar-refractivity contribution in [2.24, 2.45) is 0 Å². The van der Waals surface area contributed by atoms with Crippen LogP contribution < -0.4 is 16.4 Å². The van der Waals surface area contributed by atoms with Gasteiger partial charge in [0.1, 0.15) is 0 Å². The number of fused-ring (bicyclic) bond motifs is 1. The third kappa shape index (κ3) is 5.27. The quantitative estimate of drug-likeness (QED) is 0.412. The third-order valence-electron chi connectivity index (χ3n) is 4.55. The van der Waals surface area contributed by atoms with Gasteiger partial charge in [0.2, 0.25) is 5.95 Å². The van der Waals surface area contributed by atoms with Crippen LogP contribution in [0.15, 0.2) is 24.5 Å². The standard InChI is InChI=1S/C20H28ClN7O/c1-12(2)28-11-25-16-17(24-10-13-9-14(21)5-6-15(13)22)26-19(27-18(16)28)23-8-7-20(3,4)29/h5-6,9,11-12,29H,7-8,10,22H2,1-4H3,(H2,23,24,26,27). The van der Waals surface area contributed by atoms with Gasteiger partial charge in [-0.05, 0) is 57.9 Å². The Kier molecular flexibility index (Phi) is 6.14. The van der Waals surface area contributed by atoms with Crippen molar-refractivity contribution in [3.05, 3.63) is 35.1 Å². The normalized spacial score (nSPS) is 12.0. The number of aliphatic hydroxyl groups is 1. The number of imidazole rings is 1. The monoisotopic (exact) mass is 417 g/mol. The van der Waals surface area contributed by atoms with Crippen LogP contribution in [0.3, 0.4) is 0 Å². The lowest BCUT2D eigenvalue weighted by Crippen LogP contribution is -2.23. The molecule has 0 saturated heterocycles. The molecule has 0 spiro atoms. The maximum absolute atomic E-state index is 9.93. The Balaban J connectivity index is 1.90. The molecule has 0 bridgehead atoms. The Morgan fingerprint density at radius 3 is 2.69 bits per heavy atom. The summed E-state index contributed by atoms with van der Waals surface area (Å²) in [6, 6.07) is 5.58. The molecule has 0 amide bonds. The Morgan fingerprint density at radius 1 is 1.24 bits per heavy atom. The molecule has 29 heavy (non-hydrogen) atoms. The van der Waals surface area contributed by atoms with Gasteiger partial charge in [-0.3, -0.25) is 0 Å². The van der Waals surface area contributed by atoms with E-state index in [9.17, 15) is 5.11 Å². The van der Waals surface area contributed by atoms with E-state index in [1.807, 2.05) is 10.6 Å². The van der Waals surface area contributed by atoms with E-state index in [1.165, 1.54) is 0 Å². The molecule has 0 saturated carbocycles. The minimum Gasteiger partial charge on any atom is -0.398 e. The Morgan fingerprint density at radius 2 is 2.00 bits per heavy atom. The van der Waals surface area contributed by atoms with Crippen LogP contribution in [0.4, 0.5) is 17.5 Å². The van der Waals surface area contributed by atoms with Gasteiger partial charge >= 0.3 is 0 Å². The molecule has 8 nitrogen and oxygen atoms in total. The molecule has 0 atom stereocenters. The molecule has 3 rings (SSSR count). The van der Waals surface area contributed by atoms with E-state index in [-0.39, 0.29) is 6.04 Å². The summed E-state index contributed by atoms with van der Waals surface area (Å²) in [6.07, 6.45) is 2.34. The number of nitrogens with one attached hydrogen (secondary N) is 2. The first-order valence-electron chi connectivity index (χ1n) is 9.62. The van der Waals surface area contributed by atoms with Crippen LogP contribution in [0.2, 0.25) is 5.02 Å². The zero-order valence-corrected chi connectivity index (χ0v) is 18.0. The van der Waals surface area contributed by atoms with Gasteiger partial charge in [0, 0.05) is 29.8 Å². The maximum atomic E-state index is 9.93. The minimum absolute atomic E-state index is 0.204. The summed E-state index contributed by atoms with van der Waals surface area (Å²) in [6.45, 7) is 8.69. The fourth-order valence-corrected chi connectivity index (χ4v) is 3.08. The van der Waals surface area contributed by atoms with Gasteiger partial charge in [0.25, 0.3) is 0 Å². The summed E-state index contributed by atoms with van der Waals surface area (Å²) in [5.41, 5.74) is 8.26. The maximum Gasteiger partial charge on any atom is 0.226 e. The summed E-state index contributed by atoms with van der Waals surface area (Å²) < 4.78 is 2.00. The van der Waals surface area contributed by atoms with E-state index in [4.69, 9.17) is 17.3 Å². The van der Waals surface area contributed by atoms with Crippen LogP contribution >= 0.6 is 11.6 Å². The lowest BCUT2D eigenvalue weighted by atomic mass is 10.1. The summed E-state index contributed by atoms with van der Waals surface area (Å²) in [5, 5.41) is 17.1. The second-order valence-corrected chi connectivity index (χ2v) is 8.44. The molecule has 2 heterocycles.